The second kappa shape index (κ2) is 55.2. The van der Waals surface area contributed by atoms with Crippen molar-refractivity contribution in [1.29, 1.82) is 0 Å². The third-order valence-electron chi connectivity index (χ3n) is 13.3. The van der Waals surface area contributed by atoms with Crippen LogP contribution in [0.2, 0.25) is 0 Å². The maximum absolute atomic E-state index is 13.0. The van der Waals surface area contributed by atoms with Crippen LogP contribution in [-0.2, 0) is 18.4 Å². The number of phosphoric acid groups is 1. The highest BCUT2D eigenvalue weighted by atomic mass is 31.2. The van der Waals surface area contributed by atoms with Gasteiger partial charge in [-0.1, -0.05) is 259 Å². The highest BCUT2D eigenvalue weighted by molar-refractivity contribution is 7.47. The zero-order chi connectivity index (χ0) is 54.2. The number of hydrogen-bond donors (Lipinski definition) is 3. The standard InChI is InChI=1S/C65H117N2O6P/c1-6-8-10-12-14-16-18-20-22-24-26-28-29-30-31-32-33-34-35-36-37-39-41-43-45-47-49-51-53-55-57-59-65(69)66-63(62-73-74(70,71)72-61-60-67(3,4)5)64(68)58-56-54-52-50-48-46-44-42-40-38-27-25-23-21-19-17-15-13-11-9-7-2/h8,10,14,16,20,22,26,28,30-31,40,42,48,50,56,58,63-64,68H,6-7,9,11-13,15,17-19,21,23-25,27,29,32-39,41,43-47,49,51-55,57,59-62H2,1-5H3,(H-,66,69,70,71)/p+1/b10-8-,16-14-,22-20-,28-26-,31-30-,42-40+,50-48+,58-56+. The van der Waals surface area contributed by atoms with Gasteiger partial charge in [0.15, 0.2) is 0 Å². The lowest BCUT2D eigenvalue weighted by molar-refractivity contribution is -0.870. The monoisotopic (exact) mass is 1050 g/mol. The molecule has 0 aromatic heterocycles. The van der Waals surface area contributed by atoms with Crippen molar-refractivity contribution in [2.45, 2.75) is 270 Å². The lowest BCUT2D eigenvalue weighted by Gasteiger charge is -2.25. The van der Waals surface area contributed by atoms with Crippen molar-refractivity contribution >= 4 is 13.7 Å². The topological polar surface area (TPSA) is 105 Å². The van der Waals surface area contributed by atoms with Crippen LogP contribution >= 0.6 is 7.82 Å². The summed E-state index contributed by atoms with van der Waals surface area (Å²) in [5, 5.41) is 13.9. The molecular formula is C65H118N2O6P+. The quantitative estimate of drug-likeness (QED) is 0.0243. The van der Waals surface area contributed by atoms with Gasteiger partial charge in [-0.3, -0.25) is 13.8 Å². The molecule has 0 aliphatic heterocycles. The number of aliphatic hydroxyl groups excluding tert-OH is 1. The van der Waals surface area contributed by atoms with Gasteiger partial charge in [0.05, 0.1) is 39.9 Å². The number of quaternary nitrogens is 1. The summed E-state index contributed by atoms with van der Waals surface area (Å²) in [5.41, 5.74) is 0. The average molecular weight is 1050 g/mol. The SMILES string of the molecule is CC/C=C\C/C=C\C/C=C\C/C=C\C/C=C\CCCCCCCCCCCCCCCCCC(=O)NC(COP(=O)(O)OCC[N+](C)(C)C)C(O)/C=C/CC/C=C/CC/C=C/CCCCCCCCCCCCC. The Labute approximate surface area is 458 Å². The molecule has 3 unspecified atom stereocenters. The number of hydrogen-bond acceptors (Lipinski definition) is 5. The van der Waals surface area contributed by atoms with Gasteiger partial charge in [0.1, 0.15) is 13.2 Å². The molecule has 0 saturated heterocycles. The molecule has 0 aromatic carbocycles. The van der Waals surface area contributed by atoms with E-state index in [2.05, 4.69) is 104 Å². The predicted molar refractivity (Wildman–Crippen MR) is 322 cm³/mol. The van der Waals surface area contributed by atoms with Gasteiger partial charge >= 0.3 is 7.82 Å². The number of nitrogens with one attached hydrogen (secondary N) is 1. The van der Waals surface area contributed by atoms with Gasteiger partial charge in [-0.15, -0.1) is 0 Å². The Hall–Kier alpha value is -2.58. The van der Waals surface area contributed by atoms with Gasteiger partial charge in [0, 0.05) is 6.42 Å². The molecule has 3 N–H and O–H groups in total. The first-order valence-corrected chi connectivity index (χ1v) is 32.1. The molecular weight excluding hydrogens is 936 g/mol. The van der Waals surface area contributed by atoms with Gasteiger partial charge in [-0.25, -0.2) is 4.57 Å². The Balaban J connectivity index is 4.20. The van der Waals surface area contributed by atoms with Crippen LogP contribution in [0.15, 0.2) is 97.2 Å². The lowest BCUT2D eigenvalue weighted by atomic mass is 10.0. The number of amides is 1. The minimum atomic E-state index is -4.37. The molecule has 3 atom stereocenters. The van der Waals surface area contributed by atoms with E-state index in [1.54, 1.807) is 6.08 Å². The Morgan fingerprint density at radius 1 is 0.473 bits per heavy atom. The molecule has 0 saturated carbocycles. The first-order valence-electron chi connectivity index (χ1n) is 30.6. The van der Waals surface area contributed by atoms with Crippen LogP contribution in [-0.4, -0.2) is 73.4 Å². The predicted octanol–water partition coefficient (Wildman–Crippen LogP) is 19.0. The number of nitrogens with zero attached hydrogens (tertiary/aromatic N) is 1. The summed E-state index contributed by atoms with van der Waals surface area (Å²) in [7, 11) is 1.54. The number of carbonyl (C=O) groups is 1. The van der Waals surface area contributed by atoms with Gasteiger partial charge < -0.3 is 19.8 Å². The average Bonchev–Trinajstić information content (AvgIpc) is 3.36. The normalized spacial score (nSPS) is 14.5. The molecule has 428 valence electrons. The van der Waals surface area contributed by atoms with Gasteiger partial charge in [-0.05, 0) is 89.9 Å². The number of carbonyl (C=O) groups excluding carboxylic acids is 1. The molecule has 0 heterocycles. The van der Waals surface area contributed by atoms with Crippen LogP contribution in [0, 0.1) is 0 Å². The summed E-state index contributed by atoms with van der Waals surface area (Å²) in [6.45, 7) is 4.68. The van der Waals surface area contributed by atoms with E-state index < -0.39 is 20.0 Å². The molecule has 0 rings (SSSR count). The summed E-state index contributed by atoms with van der Waals surface area (Å²) < 4.78 is 23.7. The Morgan fingerprint density at radius 3 is 1.24 bits per heavy atom. The summed E-state index contributed by atoms with van der Waals surface area (Å²) in [6.07, 6.45) is 79.5. The fraction of sp³-hybridized carbons (Fsp3) is 0.738. The third-order valence-corrected chi connectivity index (χ3v) is 14.2. The van der Waals surface area contributed by atoms with Gasteiger partial charge in [0.2, 0.25) is 5.91 Å². The maximum Gasteiger partial charge on any atom is 0.472 e. The number of rotatable bonds is 55. The third kappa shape index (κ3) is 57.1. The molecule has 0 radical (unpaired) electrons. The van der Waals surface area contributed by atoms with Gasteiger partial charge in [-0.2, -0.15) is 0 Å². The molecule has 9 heteroatoms. The summed E-state index contributed by atoms with van der Waals surface area (Å²) in [4.78, 5) is 23.3. The Bertz CT molecular complexity index is 1520. The number of aliphatic hydroxyl groups is 1. The number of likely N-dealkylation sites (N-methyl/N-ethyl adjacent to an activating group) is 1. The smallest absolute Gasteiger partial charge is 0.387 e. The van der Waals surface area contributed by atoms with E-state index in [4.69, 9.17) is 9.05 Å². The molecule has 0 aliphatic rings. The number of phosphoric ester groups is 1. The van der Waals surface area contributed by atoms with E-state index in [0.717, 1.165) is 77.0 Å². The lowest BCUT2D eigenvalue weighted by Crippen LogP contribution is -2.45. The fourth-order valence-corrected chi connectivity index (χ4v) is 9.25. The summed E-state index contributed by atoms with van der Waals surface area (Å²) in [5.74, 6) is -0.193. The van der Waals surface area contributed by atoms with Crippen molar-refractivity contribution in [3.8, 4) is 0 Å². The number of allylic oxidation sites excluding steroid dienone is 15. The molecule has 74 heavy (non-hydrogen) atoms. The van der Waals surface area contributed by atoms with Crippen molar-refractivity contribution in [1.82, 2.24) is 5.32 Å². The molecule has 8 nitrogen and oxygen atoms in total. The van der Waals surface area contributed by atoms with E-state index >= 15 is 0 Å². The van der Waals surface area contributed by atoms with E-state index in [1.165, 1.54) is 161 Å². The fourth-order valence-electron chi connectivity index (χ4n) is 8.51. The molecule has 0 spiro atoms. The summed E-state index contributed by atoms with van der Waals surface area (Å²) >= 11 is 0. The van der Waals surface area contributed by atoms with Crippen LogP contribution in [0.3, 0.4) is 0 Å². The molecule has 0 aromatic rings. The van der Waals surface area contributed by atoms with Crippen LogP contribution in [0.5, 0.6) is 0 Å². The van der Waals surface area contributed by atoms with Crippen molar-refractivity contribution in [2.24, 2.45) is 0 Å². The number of unbranched alkanes of at least 4 members (excludes halogenated alkanes) is 28. The zero-order valence-electron chi connectivity index (χ0n) is 48.8. The van der Waals surface area contributed by atoms with Crippen LogP contribution in [0.25, 0.3) is 0 Å². The van der Waals surface area contributed by atoms with Crippen LogP contribution in [0.1, 0.15) is 258 Å². The van der Waals surface area contributed by atoms with Crippen molar-refractivity contribution in [3.05, 3.63) is 97.2 Å². The molecule has 0 bridgehead atoms. The van der Waals surface area contributed by atoms with Crippen molar-refractivity contribution in [2.75, 3.05) is 40.9 Å². The van der Waals surface area contributed by atoms with E-state index in [0.29, 0.717) is 17.4 Å². The first-order chi connectivity index (χ1) is 36.0. The van der Waals surface area contributed by atoms with E-state index in [1.807, 2.05) is 27.2 Å². The molecule has 0 fully saturated rings. The minimum absolute atomic E-state index is 0.0503. The van der Waals surface area contributed by atoms with E-state index in [-0.39, 0.29) is 19.1 Å². The van der Waals surface area contributed by atoms with E-state index in [9.17, 15) is 19.4 Å². The van der Waals surface area contributed by atoms with Crippen LogP contribution in [0.4, 0.5) is 0 Å². The van der Waals surface area contributed by atoms with Crippen molar-refractivity contribution in [3.63, 3.8) is 0 Å². The Morgan fingerprint density at radius 2 is 0.824 bits per heavy atom. The Kier molecular flexibility index (Phi) is 53.3. The highest BCUT2D eigenvalue weighted by Crippen LogP contribution is 2.43. The largest absolute Gasteiger partial charge is 0.472 e. The molecule has 0 aliphatic carbocycles. The van der Waals surface area contributed by atoms with Crippen LogP contribution < -0.4 is 5.32 Å². The summed E-state index contributed by atoms with van der Waals surface area (Å²) in [6, 6.07) is -0.876. The minimum Gasteiger partial charge on any atom is -0.387 e. The second-order valence-electron chi connectivity index (χ2n) is 21.7. The second-order valence-corrected chi connectivity index (χ2v) is 23.1. The maximum atomic E-state index is 13.0. The van der Waals surface area contributed by atoms with Crippen molar-refractivity contribution < 1.29 is 32.9 Å². The molecule has 1 amide bonds. The zero-order valence-corrected chi connectivity index (χ0v) is 49.7. The van der Waals surface area contributed by atoms with Gasteiger partial charge in [0.25, 0.3) is 0 Å². The highest BCUT2D eigenvalue weighted by Gasteiger charge is 2.27. The first kappa shape index (κ1) is 71.4.